The lowest BCUT2D eigenvalue weighted by Gasteiger charge is -2.26. The normalized spacial score (nSPS) is 24.4. The van der Waals surface area contributed by atoms with Crippen LogP contribution in [0.2, 0.25) is 0 Å². The Hall–Kier alpha value is -1.27. The van der Waals surface area contributed by atoms with Gasteiger partial charge in [0.05, 0.1) is 5.92 Å². The molecule has 2 aliphatic heterocycles. The number of nitrogens with two attached hydrogens (primary N) is 1. The fourth-order valence-corrected chi connectivity index (χ4v) is 2.54. The number of carbonyl (C=O) groups is 2. The summed E-state index contributed by atoms with van der Waals surface area (Å²) in [6.45, 7) is 2.28. The molecule has 0 bridgehead atoms. The van der Waals surface area contributed by atoms with Gasteiger partial charge >= 0.3 is 6.03 Å². The summed E-state index contributed by atoms with van der Waals surface area (Å²) < 4.78 is 0. The number of primary amides is 1. The van der Waals surface area contributed by atoms with Crippen molar-refractivity contribution >= 4 is 23.5 Å². The SMILES string of the molecule is NC(=O)C1CNCC2=C1NC(=O)N(CCCl)CC2. The van der Waals surface area contributed by atoms with Crippen molar-refractivity contribution < 1.29 is 9.59 Å². The summed E-state index contributed by atoms with van der Waals surface area (Å²) in [6, 6.07) is -0.200. The molecule has 1 unspecified atom stereocenters. The van der Waals surface area contributed by atoms with E-state index in [1.54, 1.807) is 4.90 Å². The molecule has 2 aliphatic rings. The summed E-state index contributed by atoms with van der Waals surface area (Å²) in [5.74, 6) is -0.468. The van der Waals surface area contributed by atoms with E-state index < -0.39 is 11.8 Å². The molecule has 6 nitrogen and oxygen atoms in total. The number of rotatable bonds is 3. The van der Waals surface area contributed by atoms with Gasteiger partial charge in [0.25, 0.3) is 0 Å². The molecule has 1 atom stereocenters. The van der Waals surface area contributed by atoms with E-state index in [9.17, 15) is 9.59 Å². The first-order valence-electron chi connectivity index (χ1n) is 5.97. The van der Waals surface area contributed by atoms with E-state index in [2.05, 4.69) is 10.6 Å². The van der Waals surface area contributed by atoms with Gasteiger partial charge in [-0.1, -0.05) is 0 Å². The monoisotopic (exact) mass is 272 g/mol. The van der Waals surface area contributed by atoms with Crippen LogP contribution in [0.3, 0.4) is 0 Å². The number of urea groups is 1. The Morgan fingerprint density at radius 3 is 3.00 bits per heavy atom. The summed E-state index contributed by atoms with van der Waals surface area (Å²) in [6.07, 6.45) is 0.738. The van der Waals surface area contributed by atoms with Crippen molar-refractivity contribution in [2.45, 2.75) is 6.42 Å². The Balaban J connectivity index is 2.20. The number of hydrogen-bond acceptors (Lipinski definition) is 3. The number of halogens is 1. The van der Waals surface area contributed by atoms with Gasteiger partial charge < -0.3 is 21.3 Å². The number of nitrogens with one attached hydrogen (secondary N) is 2. The van der Waals surface area contributed by atoms with Gasteiger partial charge in [0.2, 0.25) is 5.91 Å². The molecule has 0 aromatic carbocycles. The Kier molecular flexibility index (Phi) is 4.08. The van der Waals surface area contributed by atoms with Crippen molar-refractivity contribution in [2.24, 2.45) is 11.7 Å². The number of alkyl halides is 1. The predicted molar refractivity (Wildman–Crippen MR) is 68.0 cm³/mol. The molecule has 0 spiro atoms. The molecular formula is C11H17ClN4O2. The van der Waals surface area contributed by atoms with Crippen molar-refractivity contribution in [3.8, 4) is 0 Å². The fraction of sp³-hybridized carbons (Fsp3) is 0.636. The molecule has 100 valence electrons. The molecule has 18 heavy (non-hydrogen) atoms. The van der Waals surface area contributed by atoms with Gasteiger partial charge in [-0.25, -0.2) is 4.79 Å². The molecule has 3 amide bonds. The van der Waals surface area contributed by atoms with E-state index in [0.29, 0.717) is 37.8 Å². The third-order valence-electron chi connectivity index (χ3n) is 3.33. The minimum absolute atomic E-state index is 0.200. The number of amides is 3. The molecular weight excluding hydrogens is 256 g/mol. The van der Waals surface area contributed by atoms with Crippen LogP contribution in [-0.4, -0.2) is 48.9 Å². The summed E-state index contributed by atoms with van der Waals surface area (Å²) in [5.41, 5.74) is 7.10. The Morgan fingerprint density at radius 1 is 1.56 bits per heavy atom. The number of carbonyl (C=O) groups excluding carboxylic acids is 2. The van der Waals surface area contributed by atoms with Crippen LogP contribution in [0.25, 0.3) is 0 Å². The first-order valence-corrected chi connectivity index (χ1v) is 6.50. The van der Waals surface area contributed by atoms with Crippen molar-refractivity contribution in [3.63, 3.8) is 0 Å². The average molecular weight is 273 g/mol. The number of nitrogens with zero attached hydrogens (tertiary/aromatic N) is 1. The molecule has 0 aromatic rings. The minimum atomic E-state index is -0.450. The van der Waals surface area contributed by atoms with Crippen LogP contribution in [0.15, 0.2) is 11.3 Å². The van der Waals surface area contributed by atoms with E-state index in [-0.39, 0.29) is 6.03 Å². The smallest absolute Gasteiger partial charge is 0.321 e. The van der Waals surface area contributed by atoms with Crippen LogP contribution in [0.1, 0.15) is 6.42 Å². The van der Waals surface area contributed by atoms with Gasteiger partial charge in [0, 0.05) is 37.8 Å². The van der Waals surface area contributed by atoms with Crippen molar-refractivity contribution in [2.75, 3.05) is 32.1 Å². The lowest BCUT2D eigenvalue weighted by atomic mass is 9.94. The zero-order valence-electron chi connectivity index (χ0n) is 10.0. The van der Waals surface area contributed by atoms with Gasteiger partial charge in [0.1, 0.15) is 0 Å². The highest BCUT2D eigenvalue weighted by molar-refractivity contribution is 6.18. The van der Waals surface area contributed by atoms with E-state index >= 15 is 0 Å². The second-order valence-electron chi connectivity index (χ2n) is 4.46. The van der Waals surface area contributed by atoms with Crippen molar-refractivity contribution in [3.05, 3.63) is 11.3 Å². The quantitative estimate of drug-likeness (QED) is 0.611. The Bertz CT molecular complexity index is 397. The second kappa shape index (κ2) is 5.58. The van der Waals surface area contributed by atoms with Gasteiger partial charge in [-0.2, -0.15) is 0 Å². The Morgan fingerprint density at radius 2 is 2.33 bits per heavy atom. The molecule has 7 heteroatoms. The van der Waals surface area contributed by atoms with E-state index in [0.717, 1.165) is 12.0 Å². The highest BCUT2D eigenvalue weighted by Gasteiger charge is 2.31. The molecule has 0 aromatic heterocycles. The molecule has 0 fully saturated rings. The zero-order valence-corrected chi connectivity index (χ0v) is 10.8. The first-order chi connectivity index (χ1) is 8.63. The largest absolute Gasteiger partial charge is 0.369 e. The van der Waals surface area contributed by atoms with E-state index in [1.807, 2.05) is 0 Å². The van der Waals surface area contributed by atoms with Gasteiger partial charge in [-0.15, -0.1) is 11.6 Å². The maximum atomic E-state index is 12.0. The third-order valence-corrected chi connectivity index (χ3v) is 3.50. The lowest BCUT2D eigenvalue weighted by Crippen LogP contribution is -2.46. The Labute approximate surface area is 111 Å². The third kappa shape index (κ3) is 2.59. The average Bonchev–Trinajstić information content (AvgIpc) is 2.49. The van der Waals surface area contributed by atoms with E-state index in [4.69, 9.17) is 17.3 Å². The molecule has 2 rings (SSSR count). The van der Waals surface area contributed by atoms with Crippen LogP contribution in [0.4, 0.5) is 4.79 Å². The lowest BCUT2D eigenvalue weighted by molar-refractivity contribution is -0.120. The van der Waals surface area contributed by atoms with Crippen LogP contribution < -0.4 is 16.4 Å². The van der Waals surface area contributed by atoms with Crippen LogP contribution in [0, 0.1) is 5.92 Å². The van der Waals surface area contributed by atoms with Gasteiger partial charge in [-0.05, 0) is 12.0 Å². The highest BCUT2D eigenvalue weighted by Crippen LogP contribution is 2.22. The topological polar surface area (TPSA) is 87.5 Å². The maximum absolute atomic E-state index is 12.0. The zero-order chi connectivity index (χ0) is 13.1. The summed E-state index contributed by atoms with van der Waals surface area (Å²) in [5, 5.41) is 5.96. The molecule has 2 heterocycles. The molecule has 4 N–H and O–H groups in total. The fourth-order valence-electron chi connectivity index (χ4n) is 2.33. The number of hydrogen-bond donors (Lipinski definition) is 3. The second-order valence-corrected chi connectivity index (χ2v) is 4.84. The standard InChI is InChI=1S/C11H17ClN4O2/c12-2-4-16-3-1-7-5-14-6-8(10(13)17)9(7)15-11(16)18/h8,14H,1-6H2,(H2,13,17)(H,15,18). The highest BCUT2D eigenvalue weighted by atomic mass is 35.5. The van der Waals surface area contributed by atoms with Crippen molar-refractivity contribution in [1.29, 1.82) is 0 Å². The van der Waals surface area contributed by atoms with Crippen LogP contribution in [0.5, 0.6) is 0 Å². The molecule has 0 radical (unpaired) electrons. The first kappa shape index (κ1) is 13.2. The van der Waals surface area contributed by atoms with Crippen LogP contribution >= 0.6 is 11.6 Å². The maximum Gasteiger partial charge on any atom is 0.321 e. The summed E-state index contributed by atoms with van der Waals surface area (Å²) >= 11 is 5.66. The van der Waals surface area contributed by atoms with E-state index in [1.165, 1.54) is 0 Å². The summed E-state index contributed by atoms with van der Waals surface area (Å²) in [7, 11) is 0. The minimum Gasteiger partial charge on any atom is -0.369 e. The predicted octanol–water partition coefficient (Wildman–Crippen LogP) is -0.401. The van der Waals surface area contributed by atoms with Gasteiger partial charge in [0.15, 0.2) is 0 Å². The van der Waals surface area contributed by atoms with Crippen molar-refractivity contribution in [1.82, 2.24) is 15.5 Å². The molecule has 0 saturated heterocycles. The molecule has 0 aliphatic carbocycles. The van der Waals surface area contributed by atoms with Crippen LogP contribution in [-0.2, 0) is 4.79 Å². The molecule has 0 saturated carbocycles. The summed E-state index contributed by atoms with van der Waals surface area (Å²) in [4.78, 5) is 25.0. The van der Waals surface area contributed by atoms with Gasteiger partial charge in [-0.3, -0.25) is 4.79 Å².